The number of rotatable bonds is 4. The number of aliphatic carboxylic acids is 1. The molecule has 0 aliphatic carbocycles. The first-order valence-electron chi connectivity index (χ1n) is 6.98. The van der Waals surface area contributed by atoms with Crippen molar-refractivity contribution in [1.29, 1.82) is 0 Å². The van der Waals surface area contributed by atoms with E-state index in [1.165, 1.54) is 18.2 Å². The second-order valence-corrected chi connectivity index (χ2v) is 5.51. The Labute approximate surface area is 122 Å². The van der Waals surface area contributed by atoms with Gasteiger partial charge < -0.3 is 10.4 Å². The van der Waals surface area contributed by atoms with Gasteiger partial charge in [-0.2, -0.15) is 0 Å². The Hall–Kier alpha value is -1.95. The first-order valence-corrected chi connectivity index (χ1v) is 6.98. The number of hydrogen-bond acceptors (Lipinski definition) is 3. The van der Waals surface area contributed by atoms with Crippen LogP contribution >= 0.6 is 0 Å². The summed E-state index contributed by atoms with van der Waals surface area (Å²) < 4.78 is 13.0. The maximum Gasteiger partial charge on any atom is 0.320 e. The molecule has 1 aromatic carbocycles. The Balaban J connectivity index is 1.96. The van der Waals surface area contributed by atoms with E-state index in [4.69, 9.17) is 0 Å². The van der Waals surface area contributed by atoms with Crippen molar-refractivity contribution in [2.75, 3.05) is 18.4 Å². The molecular formula is C15H19FN2O3. The molecule has 0 saturated carbocycles. The lowest BCUT2D eigenvalue weighted by molar-refractivity contribution is -0.145. The molecule has 0 bridgehead atoms. The normalized spacial score (nSPS) is 22.8. The van der Waals surface area contributed by atoms with Crippen LogP contribution in [0.1, 0.15) is 19.8 Å². The number of carbonyl (C=O) groups is 2. The molecule has 2 unspecified atom stereocenters. The van der Waals surface area contributed by atoms with Gasteiger partial charge in [0.25, 0.3) is 0 Å². The minimum Gasteiger partial charge on any atom is -0.480 e. The van der Waals surface area contributed by atoms with Gasteiger partial charge in [-0.1, -0.05) is 13.0 Å². The highest BCUT2D eigenvalue weighted by atomic mass is 19.1. The number of anilines is 1. The van der Waals surface area contributed by atoms with E-state index in [0.717, 1.165) is 6.42 Å². The zero-order chi connectivity index (χ0) is 15.4. The van der Waals surface area contributed by atoms with Crippen LogP contribution in [0.3, 0.4) is 0 Å². The minimum atomic E-state index is -0.903. The quantitative estimate of drug-likeness (QED) is 0.890. The Morgan fingerprint density at radius 2 is 2.24 bits per heavy atom. The van der Waals surface area contributed by atoms with E-state index in [2.05, 4.69) is 5.32 Å². The Morgan fingerprint density at radius 1 is 1.48 bits per heavy atom. The van der Waals surface area contributed by atoms with E-state index >= 15 is 0 Å². The molecule has 1 heterocycles. The summed E-state index contributed by atoms with van der Waals surface area (Å²) in [6, 6.07) is 4.99. The molecule has 5 nitrogen and oxygen atoms in total. The van der Waals surface area contributed by atoms with Gasteiger partial charge in [-0.15, -0.1) is 0 Å². The molecule has 1 aliphatic heterocycles. The van der Waals surface area contributed by atoms with Crippen molar-refractivity contribution in [3.8, 4) is 0 Å². The van der Waals surface area contributed by atoms with Crippen molar-refractivity contribution in [2.45, 2.75) is 25.8 Å². The molecule has 0 spiro atoms. The van der Waals surface area contributed by atoms with Crippen LogP contribution in [-0.4, -0.2) is 41.0 Å². The third-order valence-electron chi connectivity index (χ3n) is 3.72. The zero-order valence-corrected chi connectivity index (χ0v) is 11.9. The van der Waals surface area contributed by atoms with Gasteiger partial charge in [0.15, 0.2) is 0 Å². The third kappa shape index (κ3) is 4.26. The lowest BCUT2D eigenvalue weighted by Gasteiger charge is -2.35. The van der Waals surface area contributed by atoms with Crippen molar-refractivity contribution in [2.24, 2.45) is 5.92 Å². The smallest absolute Gasteiger partial charge is 0.320 e. The van der Waals surface area contributed by atoms with Crippen LogP contribution in [0.4, 0.5) is 10.1 Å². The number of likely N-dealkylation sites (tertiary alicyclic amines) is 1. The maximum atomic E-state index is 13.0. The van der Waals surface area contributed by atoms with Gasteiger partial charge in [0.2, 0.25) is 5.91 Å². The summed E-state index contributed by atoms with van der Waals surface area (Å²) in [7, 11) is 0. The summed E-state index contributed by atoms with van der Waals surface area (Å²) in [5.74, 6) is -1.32. The number of hydrogen-bond donors (Lipinski definition) is 2. The summed E-state index contributed by atoms with van der Waals surface area (Å²) >= 11 is 0. The number of carboxylic acid groups (broad SMARTS) is 1. The monoisotopic (exact) mass is 294 g/mol. The summed E-state index contributed by atoms with van der Waals surface area (Å²) in [5.41, 5.74) is 0.372. The van der Waals surface area contributed by atoms with Crippen LogP contribution in [0.5, 0.6) is 0 Å². The predicted molar refractivity (Wildman–Crippen MR) is 76.4 cm³/mol. The van der Waals surface area contributed by atoms with Crippen LogP contribution in [-0.2, 0) is 9.59 Å². The molecule has 0 radical (unpaired) electrons. The number of nitrogens with one attached hydrogen (secondary N) is 1. The van der Waals surface area contributed by atoms with Crippen LogP contribution in [0.25, 0.3) is 0 Å². The third-order valence-corrected chi connectivity index (χ3v) is 3.72. The number of nitrogens with zero attached hydrogens (tertiary/aromatic N) is 1. The topological polar surface area (TPSA) is 69.6 Å². The van der Waals surface area contributed by atoms with Crippen molar-refractivity contribution in [3.63, 3.8) is 0 Å². The number of benzene rings is 1. The molecule has 1 saturated heterocycles. The van der Waals surface area contributed by atoms with Crippen LogP contribution < -0.4 is 5.32 Å². The molecule has 21 heavy (non-hydrogen) atoms. The van der Waals surface area contributed by atoms with Gasteiger partial charge in [-0.25, -0.2) is 4.39 Å². The summed E-state index contributed by atoms with van der Waals surface area (Å²) in [6.45, 7) is 2.59. The second kappa shape index (κ2) is 6.67. The van der Waals surface area contributed by atoms with Gasteiger partial charge in [-0.05, 0) is 43.5 Å². The standard InChI is InChI=1S/C15H19FN2O3/c1-10-5-6-18(13(7-10)15(20)21)9-14(19)17-12-4-2-3-11(16)8-12/h2-4,8,10,13H,5-7,9H2,1H3,(H,17,19)(H,20,21). The molecule has 1 aromatic rings. The van der Waals surface area contributed by atoms with Crippen molar-refractivity contribution < 1.29 is 19.1 Å². The van der Waals surface area contributed by atoms with E-state index in [9.17, 15) is 19.1 Å². The maximum absolute atomic E-state index is 13.0. The predicted octanol–water partition coefficient (Wildman–Crippen LogP) is 1.95. The van der Waals surface area contributed by atoms with Crippen LogP contribution in [0, 0.1) is 11.7 Å². The number of piperidine rings is 1. The largest absolute Gasteiger partial charge is 0.480 e. The Morgan fingerprint density at radius 3 is 2.90 bits per heavy atom. The van der Waals surface area contributed by atoms with Gasteiger partial charge in [0.1, 0.15) is 11.9 Å². The van der Waals surface area contributed by atoms with Gasteiger partial charge in [0, 0.05) is 5.69 Å². The van der Waals surface area contributed by atoms with E-state index in [1.807, 2.05) is 6.92 Å². The highest BCUT2D eigenvalue weighted by Crippen LogP contribution is 2.22. The average molecular weight is 294 g/mol. The highest BCUT2D eigenvalue weighted by molar-refractivity contribution is 5.92. The zero-order valence-electron chi connectivity index (χ0n) is 11.9. The average Bonchev–Trinajstić information content (AvgIpc) is 2.40. The van der Waals surface area contributed by atoms with Crippen LogP contribution in [0.15, 0.2) is 24.3 Å². The second-order valence-electron chi connectivity index (χ2n) is 5.51. The molecule has 114 valence electrons. The Kier molecular flexibility index (Phi) is 4.90. The molecule has 6 heteroatoms. The first-order chi connectivity index (χ1) is 9.95. The first kappa shape index (κ1) is 15.4. The van der Waals surface area contributed by atoms with Crippen molar-refractivity contribution in [1.82, 2.24) is 4.90 Å². The highest BCUT2D eigenvalue weighted by Gasteiger charge is 2.32. The number of amides is 1. The summed E-state index contributed by atoms with van der Waals surface area (Å²) in [4.78, 5) is 24.9. The van der Waals surface area contributed by atoms with Crippen LogP contribution in [0.2, 0.25) is 0 Å². The van der Waals surface area contributed by atoms with E-state index in [-0.39, 0.29) is 12.5 Å². The van der Waals surface area contributed by atoms with Gasteiger partial charge in [0.05, 0.1) is 6.54 Å². The molecule has 1 amide bonds. The SMILES string of the molecule is CC1CCN(CC(=O)Nc2cccc(F)c2)C(C(=O)O)C1. The molecular weight excluding hydrogens is 275 g/mol. The van der Waals surface area contributed by atoms with E-state index in [0.29, 0.717) is 24.6 Å². The van der Waals surface area contributed by atoms with E-state index in [1.54, 1.807) is 11.0 Å². The molecule has 2 atom stereocenters. The lowest BCUT2D eigenvalue weighted by atomic mass is 9.92. The lowest BCUT2D eigenvalue weighted by Crippen LogP contribution is -2.49. The molecule has 2 rings (SSSR count). The van der Waals surface area contributed by atoms with Gasteiger partial charge in [-0.3, -0.25) is 14.5 Å². The number of halogens is 1. The van der Waals surface area contributed by atoms with Crippen molar-refractivity contribution in [3.05, 3.63) is 30.1 Å². The summed E-state index contributed by atoms with van der Waals surface area (Å²) in [6.07, 6.45) is 1.42. The fourth-order valence-corrected chi connectivity index (χ4v) is 2.59. The fourth-order valence-electron chi connectivity index (χ4n) is 2.59. The fraction of sp³-hybridized carbons (Fsp3) is 0.467. The van der Waals surface area contributed by atoms with E-state index < -0.39 is 17.8 Å². The molecule has 1 fully saturated rings. The molecule has 1 aliphatic rings. The number of carbonyl (C=O) groups excluding carboxylic acids is 1. The number of carboxylic acids is 1. The minimum absolute atomic E-state index is 0.000198. The molecule has 2 N–H and O–H groups in total. The summed E-state index contributed by atoms with van der Waals surface area (Å²) in [5, 5.41) is 11.8. The Bertz CT molecular complexity index is 535. The van der Waals surface area contributed by atoms with Gasteiger partial charge >= 0.3 is 5.97 Å². The molecule has 0 aromatic heterocycles. The van der Waals surface area contributed by atoms with Crippen molar-refractivity contribution >= 4 is 17.6 Å².